The Morgan fingerprint density at radius 1 is 1.00 bits per heavy atom. The summed E-state index contributed by atoms with van der Waals surface area (Å²) < 4.78 is 98.3. The largest absolute Gasteiger partial charge is 0.494 e. The third-order valence-corrected chi connectivity index (χ3v) is 8.28. The standard InChI is InChI=1S/C33H35F6N3O4/c1-4-27-16-26(9-10-45-27)41-30-23(11-22(17-40-30)20-7-6-8-28(14-20)44-5-2)18-42-19(3)29(46-31(42)43)21-12-24(32(34,35)36)15-25(13-21)33(37,38)39/h6-8,11-15,17,19,26-27,29H,4-5,9-10,16,18H2,1-3H3,(H,40,41)/t19-,26?,27?,29-/m0/s1. The number of aromatic nitrogens is 1. The summed E-state index contributed by atoms with van der Waals surface area (Å²) in [4.78, 5) is 19.2. The van der Waals surface area contributed by atoms with E-state index < -0.39 is 47.3 Å². The average molecular weight is 652 g/mol. The van der Waals surface area contributed by atoms with Crippen molar-refractivity contribution in [3.63, 3.8) is 0 Å². The molecular formula is C33H35F6N3O4. The van der Waals surface area contributed by atoms with E-state index in [2.05, 4.69) is 5.32 Å². The van der Waals surface area contributed by atoms with Gasteiger partial charge >= 0.3 is 18.4 Å². The van der Waals surface area contributed by atoms with Gasteiger partial charge in [-0.3, -0.25) is 4.90 Å². The van der Waals surface area contributed by atoms with Crippen LogP contribution in [-0.2, 0) is 28.4 Å². The van der Waals surface area contributed by atoms with Gasteiger partial charge in [0.2, 0.25) is 0 Å². The molecule has 4 atom stereocenters. The Morgan fingerprint density at radius 3 is 2.37 bits per heavy atom. The van der Waals surface area contributed by atoms with Gasteiger partial charge in [0, 0.05) is 30.0 Å². The Balaban J connectivity index is 1.48. The van der Waals surface area contributed by atoms with Crippen molar-refractivity contribution >= 4 is 11.9 Å². The first-order chi connectivity index (χ1) is 21.8. The number of hydrogen-bond donors (Lipinski definition) is 1. The monoisotopic (exact) mass is 651 g/mol. The molecule has 1 amide bonds. The Bertz CT molecular complexity index is 1510. The van der Waals surface area contributed by atoms with Gasteiger partial charge in [-0.2, -0.15) is 26.3 Å². The minimum absolute atomic E-state index is 0.0404. The van der Waals surface area contributed by atoms with Crippen molar-refractivity contribution in [2.75, 3.05) is 18.5 Å². The SMILES string of the molecule is CCOc1cccc(-c2cnc(NC3CCOC(CC)C3)c(CN3C(=O)O[C@H](c4cc(C(F)(F)F)cc(C(F)(F)F)c4)[C@@H]3C)c2)c1. The number of hydrogen-bond acceptors (Lipinski definition) is 6. The van der Waals surface area contributed by atoms with Crippen LogP contribution in [0.15, 0.2) is 54.7 Å². The lowest BCUT2D eigenvalue weighted by atomic mass is 9.97. The van der Waals surface area contributed by atoms with Crippen molar-refractivity contribution in [2.24, 2.45) is 0 Å². The van der Waals surface area contributed by atoms with Gasteiger partial charge in [0.25, 0.3) is 0 Å². The predicted molar refractivity (Wildman–Crippen MR) is 158 cm³/mol. The van der Waals surface area contributed by atoms with Crippen LogP contribution in [0.2, 0.25) is 0 Å². The first-order valence-corrected chi connectivity index (χ1v) is 15.1. The van der Waals surface area contributed by atoms with Gasteiger partial charge in [-0.25, -0.2) is 9.78 Å². The molecule has 5 rings (SSSR count). The highest BCUT2D eigenvalue weighted by Crippen LogP contribution is 2.41. The summed E-state index contributed by atoms with van der Waals surface area (Å²) in [5, 5.41) is 3.47. The molecule has 2 aliphatic rings. The van der Waals surface area contributed by atoms with Gasteiger partial charge in [0.05, 0.1) is 36.4 Å². The van der Waals surface area contributed by atoms with Gasteiger partial charge in [0.1, 0.15) is 17.7 Å². The minimum Gasteiger partial charge on any atom is -0.494 e. The number of pyridine rings is 1. The molecule has 1 aromatic heterocycles. The molecule has 3 heterocycles. The van der Waals surface area contributed by atoms with E-state index >= 15 is 0 Å². The van der Waals surface area contributed by atoms with Crippen molar-refractivity contribution in [3.8, 4) is 16.9 Å². The van der Waals surface area contributed by atoms with Gasteiger partial charge in [-0.1, -0.05) is 19.1 Å². The Kier molecular flexibility index (Phi) is 9.71. The molecule has 13 heteroatoms. The van der Waals surface area contributed by atoms with Crippen LogP contribution in [-0.4, -0.2) is 47.4 Å². The lowest BCUT2D eigenvalue weighted by molar-refractivity contribution is -0.143. The predicted octanol–water partition coefficient (Wildman–Crippen LogP) is 8.64. The van der Waals surface area contributed by atoms with E-state index in [1.165, 1.54) is 11.8 Å². The molecule has 0 spiro atoms. The van der Waals surface area contributed by atoms with Crippen LogP contribution >= 0.6 is 0 Å². The minimum atomic E-state index is -5.03. The second-order valence-electron chi connectivity index (χ2n) is 11.5. The van der Waals surface area contributed by atoms with Crippen molar-refractivity contribution in [3.05, 3.63) is 77.0 Å². The van der Waals surface area contributed by atoms with Crippen LogP contribution in [0, 0.1) is 0 Å². The number of benzene rings is 2. The van der Waals surface area contributed by atoms with Crippen molar-refractivity contribution in [1.82, 2.24) is 9.88 Å². The Morgan fingerprint density at radius 2 is 1.72 bits per heavy atom. The lowest BCUT2D eigenvalue weighted by Crippen LogP contribution is -2.35. The molecule has 0 radical (unpaired) electrons. The summed E-state index contributed by atoms with van der Waals surface area (Å²) in [6.45, 7) is 6.44. The van der Waals surface area contributed by atoms with Crippen LogP contribution in [0.3, 0.4) is 0 Å². The number of carbonyl (C=O) groups is 1. The molecule has 248 valence electrons. The molecule has 1 N–H and O–H groups in total. The third-order valence-electron chi connectivity index (χ3n) is 8.28. The molecule has 2 aliphatic heterocycles. The maximum atomic E-state index is 13.6. The molecule has 0 aliphatic carbocycles. The first kappa shape index (κ1) is 33.4. The topological polar surface area (TPSA) is 72.9 Å². The summed E-state index contributed by atoms with van der Waals surface area (Å²) >= 11 is 0. The van der Waals surface area contributed by atoms with Crippen molar-refractivity contribution in [1.29, 1.82) is 0 Å². The van der Waals surface area contributed by atoms with Gasteiger partial charge < -0.3 is 19.5 Å². The number of rotatable bonds is 9. The van der Waals surface area contributed by atoms with E-state index in [0.29, 0.717) is 42.5 Å². The van der Waals surface area contributed by atoms with E-state index in [1.807, 2.05) is 44.2 Å². The average Bonchev–Trinajstić information content (AvgIpc) is 3.29. The zero-order valence-electron chi connectivity index (χ0n) is 25.5. The highest BCUT2D eigenvalue weighted by molar-refractivity contribution is 5.72. The summed E-state index contributed by atoms with van der Waals surface area (Å²) in [5.41, 5.74) is -1.21. The number of nitrogens with zero attached hydrogens (tertiary/aromatic N) is 2. The Labute approximate surface area is 262 Å². The molecule has 0 bridgehead atoms. The van der Waals surface area contributed by atoms with E-state index in [1.54, 1.807) is 6.20 Å². The second kappa shape index (κ2) is 13.4. The van der Waals surface area contributed by atoms with E-state index in [9.17, 15) is 31.1 Å². The highest BCUT2D eigenvalue weighted by atomic mass is 19.4. The molecule has 0 saturated carbocycles. The zero-order valence-corrected chi connectivity index (χ0v) is 25.5. The molecule has 46 heavy (non-hydrogen) atoms. The van der Waals surface area contributed by atoms with Crippen LogP contribution < -0.4 is 10.1 Å². The number of alkyl halides is 6. The maximum Gasteiger partial charge on any atom is 0.416 e. The normalized spacial score (nSPS) is 22.1. The van der Waals surface area contributed by atoms with Crippen molar-refractivity contribution < 1.29 is 45.3 Å². The number of carbonyl (C=O) groups excluding carboxylic acids is 1. The summed E-state index contributed by atoms with van der Waals surface area (Å²) in [6.07, 6.45) is -8.19. The lowest BCUT2D eigenvalue weighted by Gasteiger charge is -2.31. The fraction of sp³-hybridized carbons (Fsp3) is 0.455. The smallest absolute Gasteiger partial charge is 0.416 e. The number of anilines is 1. The molecule has 2 aromatic carbocycles. The van der Waals surface area contributed by atoms with Gasteiger partial charge in [-0.15, -0.1) is 0 Å². The van der Waals surface area contributed by atoms with Crippen LogP contribution in [0.5, 0.6) is 5.75 Å². The summed E-state index contributed by atoms with van der Waals surface area (Å²) in [6, 6.07) is 9.66. The summed E-state index contributed by atoms with van der Waals surface area (Å²) in [7, 11) is 0. The fourth-order valence-electron chi connectivity index (χ4n) is 5.83. The number of nitrogens with one attached hydrogen (secondary N) is 1. The maximum absolute atomic E-state index is 13.6. The number of halogens is 6. The first-order valence-electron chi connectivity index (χ1n) is 15.1. The van der Waals surface area contributed by atoms with Crippen LogP contribution in [0.25, 0.3) is 11.1 Å². The molecule has 7 nitrogen and oxygen atoms in total. The van der Waals surface area contributed by atoms with Crippen molar-refractivity contribution in [2.45, 2.75) is 83.2 Å². The third kappa shape index (κ3) is 7.51. The zero-order chi connectivity index (χ0) is 33.2. The van der Waals surface area contributed by atoms with E-state index in [4.69, 9.17) is 19.2 Å². The number of ether oxygens (including phenoxy) is 3. The van der Waals surface area contributed by atoms with Crippen LogP contribution in [0.4, 0.5) is 37.0 Å². The summed E-state index contributed by atoms with van der Waals surface area (Å²) in [5.74, 6) is 1.17. The molecular weight excluding hydrogens is 616 g/mol. The number of amides is 1. The van der Waals surface area contributed by atoms with E-state index in [0.717, 1.165) is 30.4 Å². The quantitative estimate of drug-likeness (QED) is 0.234. The second-order valence-corrected chi connectivity index (χ2v) is 11.5. The molecule has 2 saturated heterocycles. The number of cyclic esters (lactones) is 1. The Hall–Kier alpha value is -4.00. The fourth-order valence-corrected chi connectivity index (χ4v) is 5.83. The van der Waals surface area contributed by atoms with Gasteiger partial charge in [-0.05, 0) is 80.6 Å². The molecule has 2 fully saturated rings. The highest BCUT2D eigenvalue weighted by Gasteiger charge is 2.43. The van der Waals surface area contributed by atoms with Gasteiger partial charge in [0.15, 0.2) is 0 Å². The molecule has 3 aromatic rings. The molecule has 2 unspecified atom stereocenters. The van der Waals surface area contributed by atoms with Crippen LogP contribution in [0.1, 0.15) is 68.4 Å². The van der Waals surface area contributed by atoms with E-state index in [-0.39, 0.29) is 24.8 Å².